The Kier molecular flexibility index (Phi) is 29.0. The molecule has 0 bridgehead atoms. The molecule has 6 aliphatic heterocycles. The first-order valence-corrected chi connectivity index (χ1v) is 49.9. The van der Waals surface area contributed by atoms with Crippen LogP contribution >= 0.6 is 109 Å². The Morgan fingerprint density at radius 1 is 0.308 bits per heavy atom. The van der Waals surface area contributed by atoms with Crippen LogP contribution in [0.25, 0.3) is 34.2 Å². The molecule has 0 spiro atoms. The molecule has 732 valence electrons. The highest BCUT2D eigenvalue weighted by atomic mass is 35.5. The Bertz CT molecular complexity index is 7740. The van der Waals surface area contributed by atoms with Crippen molar-refractivity contribution in [3.63, 3.8) is 0 Å². The smallest absolute Gasteiger partial charge is 0.497 e. The van der Waals surface area contributed by atoms with Crippen molar-refractivity contribution in [2.45, 2.75) is 82.3 Å². The first-order chi connectivity index (χ1) is 70.5. The van der Waals surface area contributed by atoms with Gasteiger partial charge in [-0.1, -0.05) is 267 Å². The summed E-state index contributed by atoms with van der Waals surface area (Å²) in [5.74, 6) is 2.40. The molecule has 12 N–H and O–H groups in total. The Labute approximate surface area is 885 Å². The number of carbonyl (C=O) groups excluding carboxylic acids is 5. The molecule has 0 aromatic heterocycles. The third-order valence-corrected chi connectivity index (χ3v) is 28.0. The fourth-order valence-electron chi connectivity index (χ4n) is 19.3. The van der Waals surface area contributed by atoms with Gasteiger partial charge in [-0.05, 0) is 182 Å². The van der Waals surface area contributed by atoms with Gasteiger partial charge in [-0.3, -0.25) is 24.0 Å². The minimum absolute atomic E-state index is 0.000105. The maximum Gasteiger partial charge on any atom is 0.573 e. The van der Waals surface area contributed by atoms with Crippen molar-refractivity contribution in [1.82, 2.24) is 63.8 Å². The van der Waals surface area contributed by atoms with Crippen LogP contribution in [0.1, 0.15) is 194 Å². The number of halogens is 5. The van der Waals surface area contributed by atoms with Crippen LogP contribution in [-0.2, 0) is 0 Å². The third-order valence-electron chi connectivity index (χ3n) is 25.6. The molecule has 0 saturated heterocycles. The summed E-state index contributed by atoms with van der Waals surface area (Å²) in [5.41, 5.74) is 23.9. The van der Waals surface area contributed by atoms with E-state index < -0.39 is 18.4 Å². The number of Topliss-reactive ketones (excluding diaryl/α,β-unsaturated/α-hetero) is 5. The monoisotopic (exact) mass is 2110 g/mol. The molecular weight excluding hydrogens is 2030 g/mol. The summed E-state index contributed by atoms with van der Waals surface area (Å²) in [5, 5.41) is 41.8. The number of carbonyl (C=O) groups is 5. The number of unbranched alkanes of at least 4 members (excludes halogenated alkanes) is 1. The summed E-state index contributed by atoms with van der Waals surface area (Å²) < 4.78 is 63.8. The summed E-state index contributed by atoms with van der Waals surface area (Å²) in [7, 11) is 3.20. The highest BCUT2D eigenvalue weighted by Crippen LogP contribution is 2.50. The van der Waals surface area contributed by atoms with Crippen molar-refractivity contribution in [1.29, 1.82) is 0 Å². The number of hydrogen-bond donors (Lipinski definition) is 12. The van der Waals surface area contributed by atoms with Crippen molar-refractivity contribution in [2.75, 3.05) is 20.8 Å². The zero-order valence-electron chi connectivity index (χ0n) is 78.1. The number of alkyl halides is 3. The lowest BCUT2D eigenvalue weighted by atomic mass is 9.94. The van der Waals surface area contributed by atoms with Gasteiger partial charge >= 0.3 is 6.36 Å². The van der Waals surface area contributed by atoms with Crippen LogP contribution in [0.5, 0.6) is 28.7 Å². The van der Waals surface area contributed by atoms with E-state index in [0.717, 1.165) is 124 Å². The molecule has 12 aliphatic rings. The molecule has 34 heteroatoms. The molecule has 6 heterocycles. The van der Waals surface area contributed by atoms with Gasteiger partial charge in [-0.2, -0.15) is 0 Å². The van der Waals surface area contributed by atoms with Crippen LogP contribution in [0.15, 0.2) is 319 Å². The van der Waals surface area contributed by atoms with Crippen molar-refractivity contribution in [2.24, 2.45) is 0 Å². The summed E-state index contributed by atoms with van der Waals surface area (Å²) in [6.45, 7) is 6.80. The zero-order chi connectivity index (χ0) is 102. The number of methoxy groups -OCH3 is 2. The second-order valence-corrected chi connectivity index (χ2v) is 38.7. The standard InChI is InChI=1S/C21H20N2O2S.C20H18N2O2S.C19H16N2O3S.C18H11F3N2O2S.C17H10Cl2N2OS.C17H12N2S2/c1-2-3-11-25-14-8-6-7-13(12-14)18-17-19(23-21(26)22-18)15-9-4-5-10-16(15)20(17)24;1-11(2)24-13-7-5-6-12(10-13)17-16-18(22-20(25)21-17)14-8-3-4-9-15(14)19(16)23;1-23-11-7-10(8-12(9-11)24-2)16-15-17(21-19(25)20-16)13-5-3-4-6-14(13)18(15)22;19-18(20,21)25-10-5-3-4-9(8-10)14-13-15(23-17(26)22-14)11-6-1-2-7-12(11)16(13)24;18-10-6-3-7-11(19)12(10)15-13-14(20-17(23)21-15)8-4-1-2-5-9(8)16(13)22;20-16-12-9-5-4-8-11(12)15-13(16)14(18-17(21)19-15)10-6-2-1-3-7-10/h4-10,12,18H,2-3,11H2,1H3,(H2,22,23,26);3-11,17H,1-2H3,(H2,21,22,25);3-9,16H,1-2H3,(H2,20,21,25);1-8,14H,(H2,22,23,26);1-7,15H,(H2,20,21,23);1-9,14H,(H2,18,19,21). The number of thiocarbonyl (C=S) groups is 7. The van der Waals surface area contributed by atoms with Gasteiger partial charge in [0.05, 0.1) is 130 Å². The first-order valence-electron chi connectivity index (χ1n) is 46.3. The summed E-state index contributed by atoms with van der Waals surface area (Å²) >= 11 is 50.4. The van der Waals surface area contributed by atoms with E-state index in [2.05, 4.69) is 99.7 Å². The van der Waals surface area contributed by atoms with Gasteiger partial charge in [0.2, 0.25) is 0 Å². The molecular formula is C112H87Cl2F3N12O10S7. The average Bonchev–Trinajstić information content (AvgIpc) is 1.61. The van der Waals surface area contributed by atoms with E-state index in [4.69, 9.17) is 128 Å². The van der Waals surface area contributed by atoms with Gasteiger partial charge in [-0.25, -0.2) is 0 Å². The van der Waals surface area contributed by atoms with Crippen LogP contribution in [0, 0.1) is 0 Å². The largest absolute Gasteiger partial charge is 0.573 e. The van der Waals surface area contributed by atoms with E-state index in [9.17, 15) is 37.1 Å². The average molecular weight is 2110 g/mol. The molecule has 146 heavy (non-hydrogen) atoms. The Morgan fingerprint density at radius 2 is 0.582 bits per heavy atom. The van der Waals surface area contributed by atoms with E-state index >= 15 is 0 Å². The lowest BCUT2D eigenvalue weighted by Gasteiger charge is -2.29. The van der Waals surface area contributed by atoms with E-state index in [1.54, 1.807) is 62.8 Å². The lowest BCUT2D eigenvalue weighted by molar-refractivity contribution is -0.274. The predicted molar refractivity (Wildman–Crippen MR) is 588 cm³/mol. The number of nitrogens with one attached hydrogen (secondary N) is 12. The molecule has 0 saturated carbocycles. The molecule has 12 aromatic rings. The summed E-state index contributed by atoms with van der Waals surface area (Å²) in [6.07, 6.45) is -2.60. The Hall–Kier alpha value is -15.0. The number of benzene rings is 12. The zero-order valence-corrected chi connectivity index (χ0v) is 85.4. The predicted octanol–water partition coefficient (Wildman–Crippen LogP) is 21.6. The van der Waals surface area contributed by atoms with Crippen molar-refractivity contribution in [3.05, 3.63) is 429 Å². The fourth-order valence-corrected chi connectivity index (χ4v) is 21.7. The van der Waals surface area contributed by atoms with Gasteiger partial charge in [0.15, 0.2) is 59.6 Å². The number of ketones is 5. The molecule has 6 aliphatic carbocycles. The SMILES string of the molecule is CC(C)Oc1cccc(C2NC(=S)NC3=C2C(=O)c2ccccc23)c1.CCCCOc1cccc(C2NC(=S)NC3=C2C(=O)c2ccccc23)c1.COc1cc(OC)cc(C2NC(=S)NC3=C2C(=O)c2ccccc23)c1.O=C1C2=C(NC(=S)NC2c2c(Cl)cccc2Cl)c2ccccc21.O=C1C2=C(NC(=S)NC2c2cccc(OC(F)(F)F)c2)c2ccccc21.S=C1NC2=C(C(=S)c3ccccc32)C(c2ccccc2)N1. The first kappa shape index (κ1) is 99.7. The molecule has 22 nitrogen and oxygen atoms in total. The van der Waals surface area contributed by atoms with Crippen molar-refractivity contribution < 1.29 is 60.8 Å². The minimum Gasteiger partial charge on any atom is -0.497 e. The second kappa shape index (κ2) is 42.4. The van der Waals surface area contributed by atoms with Gasteiger partial charge < -0.3 is 87.5 Å². The topological polar surface area (TPSA) is 276 Å². The molecule has 12 aromatic carbocycles. The Balaban J connectivity index is 0.000000111. The molecule has 24 rings (SSSR count). The maximum absolute atomic E-state index is 13.0. The van der Waals surface area contributed by atoms with Gasteiger partial charge in [-0.15, -0.1) is 13.2 Å². The quantitative estimate of drug-likeness (QED) is 0.0336. The highest BCUT2D eigenvalue weighted by Gasteiger charge is 2.47. The number of fused-ring (bicyclic) bond motifs is 12. The summed E-state index contributed by atoms with van der Waals surface area (Å²) in [6, 6.07) is 85.8. The number of ether oxygens (including phenoxy) is 5. The van der Waals surface area contributed by atoms with Crippen LogP contribution < -0.4 is 87.5 Å². The van der Waals surface area contributed by atoms with Crippen LogP contribution in [0.4, 0.5) is 13.2 Å². The summed E-state index contributed by atoms with van der Waals surface area (Å²) in [4.78, 5) is 65.6. The van der Waals surface area contributed by atoms with E-state index in [-0.39, 0.29) is 64.9 Å². The number of rotatable bonds is 15. The van der Waals surface area contributed by atoms with Crippen molar-refractivity contribution in [3.8, 4) is 28.7 Å². The van der Waals surface area contributed by atoms with Gasteiger partial charge in [0.1, 0.15) is 28.7 Å². The van der Waals surface area contributed by atoms with E-state index in [1.807, 2.05) is 208 Å². The van der Waals surface area contributed by atoms with Gasteiger partial charge in [0, 0.05) is 94.0 Å². The fraction of sp³-hybridized carbons (Fsp3) is 0.143. The van der Waals surface area contributed by atoms with Crippen LogP contribution in [0.3, 0.4) is 0 Å². The molecule has 6 unspecified atom stereocenters. The minimum atomic E-state index is -4.79. The lowest BCUT2D eigenvalue weighted by Crippen LogP contribution is -2.43. The Morgan fingerprint density at radius 3 is 0.938 bits per heavy atom. The van der Waals surface area contributed by atoms with E-state index in [1.165, 1.54) is 23.8 Å². The van der Waals surface area contributed by atoms with Crippen LogP contribution in [-0.4, -0.2) is 97.7 Å². The second-order valence-electron chi connectivity index (χ2n) is 35.0. The highest BCUT2D eigenvalue weighted by molar-refractivity contribution is 7.82. The van der Waals surface area contributed by atoms with Gasteiger partial charge in [0.25, 0.3) is 0 Å². The molecule has 0 amide bonds. The van der Waals surface area contributed by atoms with E-state index in [0.29, 0.717) is 126 Å². The molecule has 0 fully saturated rings. The normalized spacial score (nSPS) is 18.7. The third kappa shape index (κ3) is 20.0. The van der Waals surface area contributed by atoms with Crippen molar-refractivity contribution >= 4 is 207 Å². The van der Waals surface area contributed by atoms with Crippen LogP contribution in [0.2, 0.25) is 10.0 Å². The molecule has 6 atom stereocenters. The number of hydrogen-bond acceptors (Lipinski definition) is 17. The maximum atomic E-state index is 13.0. The molecule has 0 radical (unpaired) electrons.